The predicted octanol–water partition coefficient (Wildman–Crippen LogP) is 3.53. The molecule has 1 aromatic rings. The highest BCUT2D eigenvalue weighted by molar-refractivity contribution is 5.47. The Bertz CT molecular complexity index is 393. The molecule has 0 fully saturated rings. The van der Waals surface area contributed by atoms with E-state index < -0.39 is 12.0 Å². The number of rotatable bonds is 7. The van der Waals surface area contributed by atoms with Gasteiger partial charge in [0.25, 0.3) is 0 Å². The van der Waals surface area contributed by atoms with Gasteiger partial charge in [-0.3, -0.25) is 0 Å². The van der Waals surface area contributed by atoms with E-state index in [4.69, 9.17) is 0 Å². The third-order valence-corrected chi connectivity index (χ3v) is 2.37. The molecular formula is C12H19F3N4. The summed E-state index contributed by atoms with van der Waals surface area (Å²) < 4.78 is 38.0. The van der Waals surface area contributed by atoms with Crippen LogP contribution in [0.2, 0.25) is 0 Å². The number of halogens is 3. The van der Waals surface area contributed by atoms with Crippen molar-refractivity contribution in [3.63, 3.8) is 0 Å². The van der Waals surface area contributed by atoms with Gasteiger partial charge in [-0.15, -0.1) is 0 Å². The molecule has 0 radical (unpaired) electrons. The van der Waals surface area contributed by atoms with Crippen LogP contribution in [0.15, 0.2) is 6.07 Å². The minimum atomic E-state index is -4.54. The van der Waals surface area contributed by atoms with Gasteiger partial charge in [-0.05, 0) is 12.8 Å². The van der Waals surface area contributed by atoms with Gasteiger partial charge in [-0.25, -0.2) is 9.97 Å². The molecule has 1 aromatic heterocycles. The standard InChI is InChI=1S/C12H19F3N4/c1-3-5-7-17-10-8-9(16-6-4-2)18-11(19-10)12(13,14)15/h8H,3-7H2,1-2H3,(H2,16,17,18,19). The van der Waals surface area contributed by atoms with Crippen LogP contribution in [0.25, 0.3) is 0 Å². The Morgan fingerprint density at radius 1 is 1.00 bits per heavy atom. The maximum Gasteiger partial charge on any atom is 0.451 e. The number of unbranched alkanes of at least 4 members (excludes halogenated alkanes) is 1. The van der Waals surface area contributed by atoms with Crippen molar-refractivity contribution in [2.24, 2.45) is 0 Å². The molecule has 7 heteroatoms. The van der Waals surface area contributed by atoms with Crippen molar-refractivity contribution in [1.29, 1.82) is 0 Å². The maximum atomic E-state index is 12.7. The quantitative estimate of drug-likeness (QED) is 0.748. The van der Waals surface area contributed by atoms with E-state index in [2.05, 4.69) is 20.6 Å². The third kappa shape index (κ3) is 5.32. The highest BCUT2D eigenvalue weighted by atomic mass is 19.4. The molecule has 1 heterocycles. The van der Waals surface area contributed by atoms with E-state index in [0.29, 0.717) is 13.1 Å². The maximum absolute atomic E-state index is 12.7. The Morgan fingerprint density at radius 2 is 1.58 bits per heavy atom. The molecule has 1 rings (SSSR count). The zero-order valence-electron chi connectivity index (χ0n) is 11.1. The second kappa shape index (κ2) is 7.16. The Kier molecular flexibility index (Phi) is 5.85. The average Bonchev–Trinajstić information content (AvgIpc) is 2.35. The molecule has 0 spiro atoms. The SMILES string of the molecule is CCCCNc1cc(NCCC)nc(C(F)(F)F)n1. The Balaban J connectivity index is 2.89. The zero-order valence-corrected chi connectivity index (χ0v) is 11.1. The highest BCUT2D eigenvalue weighted by Gasteiger charge is 2.35. The molecule has 0 aliphatic heterocycles. The first-order valence-electron chi connectivity index (χ1n) is 6.41. The van der Waals surface area contributed by atoms with Gasteiger partial charge in [-0.2, -0.15) is 13.2 Å². The predicted molar refractivity (Wildman–Crippen MR) is 69.2 cm³/mol. The molecule has 2 N–H and O–H groups in total. The highest BCUT2D eigenvalue weighted by Crippen LogP contribution is 2.28. The number of hydrogen-bond donors (Lipinski definition) is 2. The summed E-state index contributed by atoms with van der Waals surface area (Å²) in [5.74, 6) is -0.717. The van der Waals surface area contributed by atoms with Crippen molar-refractivity contribution in [1.82, 2.24) is 9.97 Å². The van der Waals surface area contributed by atoms with Crippen molar-refractivity contribution in [2.45, 2.75) is 39.3 Å². The number of aromatic nitrogens is 2. The summed E-state index contributed by atoms with van der Waals surface area (Å²) in [7, 11) is 0. The van der Waals surface area contributed by atoms with Gasteiger partial charge in [0.05, 0.1) is 0 Å². The molecule has 4 nitrogen and oxygen atoms in total. The lowest BCUT2D eigenvalue weighted by Gasteiger charge is -2.12. The summed E-state index contributed by atoms with van der Waals surface area (Å²) in [6, 6.07) is 1.50. The molecule has 0 bridgehead atoms. The molecule has 0 aliphatic rings. The molecule has 0 unspecified atom stereocenters. The fourth-order valence-corrected chi connectivity index (χ4v) is 1.40. The van der Waals surface area contributed by atoms with Gasteiger partial charge >= 0.3 is 6.18 Å². The van der Waals surface area contributed by atoms with E-state index >= 15 is 0 Å². The lowest BCUT2D eigenvalue weighted by atomic mass is 10.3. The van der Waals surface area contributed by atoms with Crippen molar-refractivity contribution >= 4 is 11.6 Å². The summed E-state index contributed by atoms with van der Waals surface area (Å²) in [4.78, 5) is 6.98. The van der Waals surface area contributed by atoms with Crippen molar-refractivity contribution in [3.8, 4) is 0 Å². The van der Waals surface area contributed by atoms with Crippen molar-refractivity contribution < 1.29 is 13.2 Å². The summed E-state index contributed by atoms with van der Waals surface area (Å²) in [6.07, 6.45) is -1.89. The second-order valence-corrected chi connectivity index (χ2v) is 4.17. The van der Waals surface area contributed by atoms with E-state index in [1.54, 1.807) is 0 Å². The topological polar surface area (TPSA) is 49.8 Å². The fourth-order valence-electron chi connectivity index (χ4n) is 1.40. The van der Waals surface area contributed by atoms with Gasteiger partial charge in [0.1, 0.15) is 11.6 Å². The first-order chi connectivity index (χ1) is 8.97. The summed E-state index contributed by atoms with van der Waals surface area (Å²) in [5, 5.41) is 5.73. The monoisotopic (exact) mass is 276 g/mol. The molecule has 0 saturated carbocycles. The van der Waals surface area contributed by atoms with Crippen LogP contribution in [0, 0.1) is 0 Å². The molecule has 19 heavy (non-hydrogen) atoms. The lowest BCUT2D eigenvalue weighted by Crippen LogP contribution is -2.15. The van der Waals surface area contributed by atoms with Crippen LogP contribution in [-0.2, 0) is 6.18 Å². The summed E-state index contributed by atoms with van der Waals surface area (Å²) in [6.45, 7) is 5.11. The number of alkyl halides is 3. The van der Waals surface area contributed by atoms with Crippen molar-refractivity contribution in [3.05, 3.63) is 11.9 Å². The normalized spacial score (nSPS) is 11.4. The minimum absolute atomic E-state index is 0.197. The van der Waals surface area contributed by atoms with Crippen LogP contribution in [0.5, 0.6) is 0 Å². The lowest BCUT2D eigenvalue weighted by molar-refractivity contribution is -0.144. The largest absolute Gasteiger partial charge is 0.451 e. The first kappa shape index (κ1) is 15.5. The van der Waals surface area contributed by atoms with Crippen LogP contribution in [0.1, 0.15) is 38.9 Å². The van der Waals surface area contributed by atoms with E-state index in [9.17, 15) is 13.2 Å². The number of hydrogen-bond acceptors (Lipinski definition) is 4. The van der Waals surface area contributed by atoms with Crippen LogP contribution < -0.4 is 10.6 Å². The van der Waals surface area contributed by atoms with E-state index in [-0.39, 0.29) is 11.6 Å². The second-order valence-electron chi connectivity index (χ2n) is 4.17. The average molecular weight is 276 g/mol. The number of nitrogens with zero attached hydrogens (tertiary/aromatic N) is 2. The van der Waals surface area contributed by atoms with Gasteiger partial charge in [0.2, 0.25) is 5.82 Å². The van der Waals surface area contributed by atoms with Crippen molar-refractivity contribution in [2.75, 3.05) is 23.7 Å². The van der Waals surface area contributed by atoms with Crippen LogP contribution in [0.4, 0.5) is 24.8 Å². The Hall–Kier alpha value is -1.53. The molecule has 108 valence electrons. The molecule has 0 atom stereocenters. The van der Waals surface area contributed by atoms with Gasteiger partial charge in [0, 0.05) is 19.2 Å². The molecule has 0 amide bonds. The zero-order chi connectivity index (χ0) is 14.3. The van der Waals surface area contributed by atoms with E-state index in [1.807, 2.05) is 13.8 Å². The third-order valence-electron chi connectivity index (χ3n) is 2.37. The van der Waals surface area contributed by atoms with Gasteiger partial charge < -0.3 is 10.6 Å². The van der Waals surface area contributed by atoms with Crippen LogP contribution >= 0.6 is 0 Å². The molecule has 0 aromatic carbocycles. The number of nitrogens with one attached hydrogen (secondary N) is 2. The summed E-state index contributed by atoms with van der Waals surface area (Å²) >= 11 is 0. The molecular weight excluding hydrogens is 257 g/mol. The first-order valence-corrected chi connectivity index (χ1v) is 6.41. The van der Waals surface area contributed by atoms with Crippen LogP contribution in [0.3, 0.4) is 0 Å². The Labute approximate surface area is 110 Å². The van der Waals surface area contributed by atoms with Crippen LogP contribution in [-0.4, -0.2) is 23.1 Å². The van der Waals surface area contributed by atoms with E-state index in [0.717, 1.165) is 19.3 Å². The Morgan fingerprint density at radius 3 is 2.05 bits per heavy atom. The summed E-state index contributed by atoms with van der Waals surface area (Å²) in [5.41, 5.74) is 0. The smallest absolute Gasteiger partial charge is 0.370 e. The van der Waals surface area contributed by atoms with E-state index in [1.165, 1.54) is 6.07 Å². The minimum Gasteiger partial charge on any atom is -0.370 e. The molecule has 0 aliphatic carbocycles. The van der Waals surface area contributed by atoms with Gasteiger partial charge in [0.15, 0.2) is 0 Å². The number of anilines is 2. The molecule has 0 saturated heterocycles. The van der Waals surface area contributed by atoms with Gasteiger partial charge in [-0.1, -0.05) is 20.3 Å². The fraction of sp³-hybridized carbons (Fsp3) is 0.667.